The van der Waals surface area contributed by atoms with Crippen LogP contribution in [-0.2, 0) is 4.79 Å². The van der Waals surface area contributed by atoms with Gasteiger partial charge in [0.05, 0.1) is 10.2 Å². The minimum Gasteiger partial charge on any atom is -0.484 e. The quantitative estimate of drug-likeness (QED) is 0.517. The Morgan fingerprint density at radius 1 is 1.25 bits per heavy atom. The van der Waals surface area contributed by atoms with E-state index in [4.69, 9.17) is 16.3 Å². The van der Waals surface area contributed by atoms with E-state index in [0.29, 0.717) is 26.5 Å². The lowest BCUT2D eigenvalue weighted by atomic mass is 10.1. The number of benzene rings is 2. The van der Waals surface area contributed by atoms with Crippen LogP contribution < -0.4 is 10.1 Å². The van der Waals surface area contributed by atoms with Crippen LogP contribution in [0, 0.1) is 0 Å². The summed E-state index contributed by atoms with van der Waals surface area (Å²) in [5.74, 6) is 0.245. The van der Waals surface area contributed by atoms with E-state index in [1.165, 1.54) is 18.7 Å². The van der Waals surface area contributed by atoms with Crippen LogP contribution in [0.5, 0.6) is 5.75 Å². The molecule has 0 saturated heterocycles. The Morgan fingerprint density at radius 2 is 2.00 bits per heavy atom. The Hall–Kier alpha value is -1.50. The molecule has 2 rings (SSSR count). The van der Waals surface area contributed by atoms with E-state index in [1.807, 2.05) is 6.26 Å². The van der Waals surface area contributed by atoms with Gasteiger partial charge in [-0.05, 0) is 58.6 Å². The highest BCUT2D eigenvalue weighted by Gasteiger charge is 2.12. The molecule has 0 radical (unpaired) electrons. The van der Waals surface area contributed by atoms with E-state index >= 15 is 0 Å². The Balaban J connectivity index is 2.10. The van der Waals surface area contributed by atoms with Gasteiger partial charge in [0.2, 0.25) is 5.91 Å². The number of thioether (sulfide) groups is 1. The van der Waals surface area contributed by atoms with E-state index < -0.39 is 0 Å². The van der Waals surface area contributed by atoms with Crippen LogP contribution in [0.25, 0.3) is 0 Å². The lowest BCUT2D eigenvalue weighted by Crippen LogP contribution is -2.13. The average molecular weight is 429 g/mol. The summed E-state index contributed by atoms with van der Waals surface area (Å²) in [4.78, 5) is 24.4. The van der Waals surface area contributed by atoms with Gasteiger partial charge in [-0.15, -0.1) is 11.8 Å². The molecule has 0 heterocycles. The number of rotatable bonds is 6. The van der Waals surface area contributed by atoms with Crippen LogP contribution >= 0.6 is 39.3 Å². The zero-order valence-corrected chi connectivity index (χ0v) is 16.2. The van der Waals surface area contributed by atoms with Gasteiger partial charge in [-0.3, -0.25) is 9.59 Å². The molecule has 0 bridgehead atoms. The van der Waals surface area contributed by atoms with Crippen LogP contribution in [0.3, 0.4) is 0 Å². The zero-order chi connectivity index (χ0) is 17.7. The fourth-order valence-electron chi connectivity index (χ4n) is 1.98. The van der Waals surface area contributed by atoms with Crippen molar-refractivity contribution < 1.29 is 14.3 Å². The van der Waals surface area contributed by atoms with Crippen molar-refractivity contribution in [2.75, 3.05) is 18.2 Å². The third kappa shape index (κ3) is 5.00. The number of amides is 1. The minimum absolute atomic E-state index is 0.0897. The Bertz CT molecular complexity index is 782. The number of nitrogens with one attached hydrogen (secondary N) is 1. The topological polar surface area (TPSA) is 55.4 Å². The van der Waals surface area contributed by atoms with E-state index in [0.717, 1.165) is 4.90 Å². The molecule has 0 saturated carbocycles. The van der Waals surface area contributed by atoms with E-state index in [-0.39, 0.29) is 18.3 Å². The highest BCUT2D eigenvalue weighted by atomic mass is 79.9. The molecule has 2 aromatic rings. The summed E-state index contributed by atoms with van der Waals surface area (Å²) in [6, 6.07) is 10.2. The second-order valence-corrected chi connectivity index (χ2v) is 7.02. The fraction of sp³-hybridized carbons (Fsp3) is 0.176. The first-order valence-electron chi connectivity index (χ1n) is 6.97. The molecule has 7 heteroatoms. The number of carbonyl (C=O) groups excluding carboxylic acids is 2. The number of halogens is 2. The standard InChI is InChI=1S/C17H15BrClNO3S/c1-10(21)20-14-5-3-11(7-17(14)24-2)15(22)9-23-16-6-4-12(19)8-13(16)18/h3-8H,9H2,1-2H3,(H,20,21). The molecule has 0 unspecified atom stereocenters. The van der Waals surface area contributed by atoms with Crippen LogP contribution in [0.1, 0.15) is 17.3 Å². The predicted octanol–water partition coefficient (Wildman–Crippen LogP) is 5.04. The van der Waals surface area contributed by atoms with Gasteiger partial charge in [-0.25, -0.2) is 0 Å². The lowest BCUT2D eigenvalue weighted by molar-refractivity contribution is -0.114. The smallest absolute Gasteiger partial charge is 0.221 e. The van der Waals surface area contributed by atoms with Crippen LogP contribution in [0.15, 0.2) is 45.8 Å². The first kappa shape index (κ1) is 18.8. The predicted molar refractivity (Wildman–Crippen MR) is 102 cm³/mol. The first-order valence-corrected chi connectivity index (χ1v) is 9.37. The number of carbonyl (C=O) groups is 2. The van der Waals surface area contributed by atoms with Gasteiger partial charge >= 0.3 is 0 Å². The number of ketones is 1. The average Bonchev–Trinajstić information content (AvgIpc) is 2.53. The van der Waals surface area contributed by atoms with Crippen molar-refractivity contribution in [3.8, 4) is 5.75 Å². The monoisotopic (exact) mass is 427 g/mol. The molecule has 0 atom stereocenters. The normalized spacial score (nSPS) is 10.3. The van der Waals surface area contributed by atoms with Crippen molar-refractivity contribution in [2.24, 2.45) is 0 Å². The van der Waals surface area contributed by atoms with E-state index in [2.05, 4.69) is 21.2 Å². The summed E-state index contributed by atoms with van der Waals surface area (Å²) in [7, 11) is 0. The lowest BCUT2D eigenvalue weighted by Gasteiger charge is -2.11. The molecule has 0 aromatic heterocycles. The summed E-state index contributed by atoms with van der Waals surface area (Å²) in [6.45, 7) is 1.36. The van der Waals surface area contributed by atoms with Gasteiger partial charge in [0.15, 0.2) is 12.4 Å². The Kier molecular flexibility index (Phi) is 6.71. The minimum atomic E-state index is -0.153. The Labute approximate surface area is 158 Å². The molecule has 0 fully saturated rings. The van der Waals surface area contributed by atoms with Gasteiger partial charge in [-0.1, -0.05) is 11.6 Å². The molecular formula is C17H15BrClNO3S. The number of hydrogen-bond donors (Lipinski definition) is 1. The summed E-state index contributed by atoms with van der Waals surface area (Å²) >= 11 is 10.7. The molecule has 4 nitrogen and oxygen atoms in total. The highest BCUT2D eigenvalue weighted by molar-refractivity contribution is 9.10. The van der Waals surface area contributed by atoms with Gasteiger partial charge < -0.3 is 10.1 Å². The van der Waals surface area contributed by atoms with Gasteiger partial charge in [-0.2, -0.15) is 0 Å². The molecule has 0 aliphatic carbocycles. The van der Waals surface area contributed by atoms with Crippen molar-refractivity contribution >= 4 is 56.7 Å². The summed E-state index contributed by atoms with van der Waals surface area (Å²) in [5, 5.41) is 3.32. The van der Waals surface area contributed by atoms with Gasteiger partial charge in [0.25, 0.3) is 0 Å². The third-order valence-corrected chi connectivity index (χ3v) is 4.72. The van der Waals surface area contributed by atoms with Crippen LogP contribution in [0.4, 0.5) is 5.69 Å². The van der Waals surface area contributed by atoms with Crippen molar-refractivity contribution in [3.63, 3.8) is 0 Å². The molecule has 0 aliphatic heterocycles. The molecule has 1 N–H and O–H groups in total. The van der Waals surface area contributed by atoms with Crippen molar-refractivity contribution in [1.82, 2.24) is 0 Å². The number of anilines is 1. The molecule has 24 heavy (non-hydrogen) atoms. The van der Waals surface area contributed by atoms with Crippen LogP contribution in [-0.4, -0.2) is 24.6 Å². The Morgan fingerprint density at radius 3 is 2.62 bits per heavy atom. The first-order chi connectivity index (χ1) is 11.4. The summed E-state index contributed by atoms with van der Waals surface area (Å²) in [6.07, 6.45) is 1.89. The second kappa shape index (κ2) is 8.55. The van der Waals surface area contributed by atoms with E-state index in [1.54, 1.807) is 36.4 Å². The molecule has 0 spiro atoms. The van der Waals surface area contributed by atoms with Crippen LogP contribution in [0.2, 0.25) is 5.02 Å². The van der Waals surface area contributed by atoms with Crippen molar-refractivity contribution in [1.29, 1.82) is 0 Å². The van der Waals surface area contributed by atoms with E-state index in [9.17, 15) is 9.59 Å². The maximum Gasteiger partial charge on any atom is 0.221 e. The maximum absolute atomic E-state index is 12.3. The van der Waals surface area contributed by atoms with Crippen molar-refractivity contribution in [2.45, 2.75) is 11.8 Å². The fourth-order valence-corrected chi connectivity index (χ4v) is 3.36. The zero-order valence-electron chi connectivity index (χ0n) is 13.1. The van der Waals surface area contributed by atoms with Crippen molar-refractivity contribution in [3.05, 3.63) is 51.5 Å². The number of hydrogen-bond acceptors (Lipinski definition) is 4. The maximum atomic E-state index is 12.3. The molecular weight excluding hydrogens is 414 g/mol. The number of Topliss-reactive ketones (excluding diaryl/α,β-unsaturated/α-hetero) is 1. The SMILES string of the molecule is CSc1cc(C(=O)COc2ccc(Cl)cc2Br)ccc1NC(C)=O. The number of ether oxygens (including phenoxy) is 1. The summed E-state index contributed by atoms with van der Waals surface area (Å²) < 4.78 is 6.23. The third-order valence-electron chi connectivity index (χ3n) is 3.09. The summed E-state index contributed by atoms with van der Waals surface area (Å²) in [5.41, 5.74) is 1.21. The highest BCUT2D eigenvalue weighted by Crippen LogP contribution is 2.29. The van der Waals surface area contributed by atoms with Gasteiger partial charge in [0.1, 0.15) is 5.75 Å². The molecule has 2 aromatic carbocycles. The largest absolute Gasteiger partial charge is 0.484 e. The molecule has 1 amide bonds. The molecule has 126 valence electrons. The molecule has 0 aliphatic rings. The van der Waals surface area contributed by atoms with Gasteiger partial charge in [0, 0.05) is 22.4 Å². The second-order valence-electron chi connectivity index (χ2n) is 4.88.